The first-order valence-electron chi connectivity index (χ1n) is 11.0. The standard InChI is InChI=1S/C23H25F2N7O2/c1-16(33)30-5-7-31(8-6-30)22-3-2-17(12-28-22)20-10-19(34-9-4-27-14-21(24)25)15-32-23(20)18(11-26)13-29-32/h2-3,10,12-13,15,21,27H,4-9,14H2,1H3. The molecule has 3 aromatic heterocycles. The van der Waals surface area contributed by atoms with Gasteiger partial charge in [0.2, 0.25) is 5.91 Å². The van der Waals surface area contributed by atoms with E-state index in [2.05, 4.69) is 26.4 Å². The highest BCUT2D eigenvalue weighted by Gasteiger charge is 2.20. The van der Waals surface area contributed by atoms with Gasteiger partial charge < -0.3 is 19.9 Å². The molecule has 11 heteroatoms. The zero-order valence-corrected chi connectivity index (χ0v) is 18.7. The molecule has 1 aliphatic rings. The summed E-state index contributed by atoms with van der Waals surface area (Å²) in [7, 11) is 0. The van der Waals surface area contributed by atoms with Gasteiger partial charge in [-0.05, 0) is 18.2 Å². The molecule has 0 saturated carbocycles. The summed E-state index contributed by atoms with van der Waals surface area (Å²) in [5.74, 6) is 1.39. The Balaban J connectivity index is 1.54. The number of anilines is 1. The van der Waals surface area contributed by atoms with E-state index in [1.165, 1.54) is 6.20 Å². The van der Waals surface area contributed by atoms with Crippen LogP contribution in [0, 0.1) is 11.3 Å². The van der Waals surface area contributed by atoms with Crippen molar-refractivity contribution in [1.82, 2.24) is 24.8 Å². The molecule has 1 amide bonds. The average molecular weight is 469 g/mol. The van der Waals surface area contributed by atoms with Crippen LogP contribution >= 0.6 is 0 Å². The Kier molecular flexibility index (Phi) is 7.18. The topological polar surface area (TPSA) is 98.8 Å². The molecule has 34 heavy (non-hydrogen) atoms. The van der Waals surface area contributed by atoms with Crippen molar-refractivity contribution in [2.24, 2.45) is 0 Å². The molecule has 0 unspecified atom stereocenters. The molecule has 0 atom stereocenters. The molecular formula is C23H25F2N7O2. The van der Waals surface area contributed by atoms with E-state index >= 15 is 0 Å². The van der Waals surface area contributed by atoms with Crippen LogP contribution in [0.15, 0.2) is 36.8 Å². The van der Waals surface area contributed by atoms with Gasteiger partial charge in [-0.2, -0.15) is 10.4 Å². The molecule has 0 aromatic carbocycles. The lowest BCUT2D eigenvalue weighted by atomic mass is 10.1. The number of nitrogens with one attached hydrogen (secondary N) is 1. The Bertz CT molecular complexity index is 1180. The van der Waals surface area contributed by atoms with Gasteiger partial charge in [0.05, 0.1) is 30.0 Å². The zero-order valence-electron chi connectivity index (χ0n) is 18.7. The summed E-state index contributed by atoms with van der Waals surface area (Å²) in [6.07, 6.45) is 2.47. The minimum Gasteiger partial charge on any atom is -0.491 e. The smallest absolute Gasteiger partial charge is 0.250 e. The van der Waals surface area contributed by atoms with E-state index in [0.717, 1.165) is 16.9 Å². The molecule has 4 heterocycles. The summed E-state index contributed by atoms with van der Waals surface area (Å²) < 4.78 is 31.8. The molecule has 1 saturated heterocycles. The van der Waals surface area contributed by atoms with E-state index in [-0.39, 0.29) is 25.6 Å². The van der Waals surface area contributed by atoms with Gasteiger partial charge in [-0.3, -0.25) is 4.79 Å². The third kappa shape index (κ3) is 5.23. The van der Waals surface area contributed by atoms with E-state index in [4.69, 9.17) is 4.74 Å². The van der Waals surface area contributed by atoms with Gasteiger partial charge in [-0.15, -0.1) is 0 Å². The van der Waals surface area contributed by atoms with E-state index in [9.17, 15) is 18.8 Å². The maximum absolute atomic E-state index is 12.3. The van der Waals surface area contributed by atoms with Crippen molar-refractivity contribution in [1.29, 1.82) is 5.26 Å². The maximum atomic E-state index is 12.3. The van der Waals surface area contributed by atoms with Crippen LogP contribution < -0.4 is 15.0 Å². The summed E-state index contributed by atoms with van der Waals surface area (Å²) in [4.78, 5) is 20.1. The van der Waals surface area contributed by atoms with Gasteiger partial charge in [0, 0.05) is 57.0 Å². The van der Waals surface area contributed by atoms with Crippen molar-refractivity contribution in [3.8, 4) is 22.9 Å². The SMILES string of the molecule is CC(=O)N1CCN(c2ccc(-c3cc(OCCNCC(F)F)cn4ncc(C#N)c34)cn2)CC1. The Hall–Kier alpha value is -3.78. The summed E-state index contributed by atoms with van der Waals surface area (Å²) >= 11 is 0. The number of alkyl halides is 2. The Morgan fingerprint density at radius 2 is 2.06 bits per heavy atom. The molecule has 3 aromatic rings. The fourth-order valence-electron chi connectivity index (χ4n) is 3.91. The van der Waals surface area contributed by atoms with Gasteiger partial charge in [-0.25, -0.2) is 18.3 Å². The molecule has 0 bridgehead atoms. The lowest BCUT2D eigenvalue weighted by molar-refractivity contribution is -0.129. The summed E-state index contributed by atoms with van der Waals surface area (Å²) in [5.41, 5.74) is 2.57. The minimum absolute atomic E-state index is 0.0768. The number of pyridine rings is 2. The predicted octanol–water partition coefficient (Wildman–Crippen LogP) is 2.17. The number of nitrogens with zero attached hydrogens (tertiary/aromatic N) is 6. The Morgan fingerprint density at radius 1 is 1.26 bits per heavy atom. The van der Waals surface area contributed by atoms with Crippen LogP contribution in [0.4, 0.5) is 14.6 Å². The van der Waals surface area contributed by atoms with Gasteiger partial charge in [0.25, 0.3) is 6.43 Å². The maximum Gasteiger partial charge on any atom is 0.250 e. The highest BCUT2D eigenvalue weighted by molar-refractivity contribution is 5.85. The molecule has 178 valence electrons. The number of fused-ring (bicyclic) bond motifs is 1. The summed E-state index contributed by atoms with van der Waals surface area (Å²) in [6, 6.07) is 7.80. The first-order chi connectivity index (χ1) is 16.5. The third-order valence-corrected chi connectivity index (χ3v) is 5.66. The number of piperazine rings is 1. The van der Waals surface area contributed by atoms with Crippen LogP contribution in [0.3, 0.4) is 0 Å². The average Bonchev–Trinajstić information content (AvgIpc) is 3.26. The van der Waals surface area contributed by atoms with Gasteiger partial charge in [0.1, 0.15) is 24.2 Å². The number of halogens is 2. The van der Waals surface area contributed by atoms with Crippen LogP contribution in [0.1, 0.15) is 12.5 Å². The molecule has 0 aliphatic carbocycles. The lowest BCUT2D eigenvalue weighted by Crippen LogP contribution is -2.48. The van der Waals surface area contributed by atoms with E-state index in [0.29, 0.717) is 43.0 Å². The number of nitriles is 1. The number of carbonyl (C=O) groups excluding carboxylic acids is 1. The normalized spacial score (nSPS) is 14.0. The van der Waals surface area contributed by atoms with Gasteiger partial charge in [-0.1, -0.05) is 0 Å². The summed E-state index contributed by atoms with van der Waals surface area (Å²) in [6.45, 7) is 4.40. The number of aromatic nitrogens is 3. The lowest BCUT2D eigenvalue weighted by Gasteiger charge is -2.34. The van der Waals surface area contributed by atoms with Crippen molar-refractivity contribution < 1.29 is 18.3 Å². The monoisotopic (exact) mass is 469 g/mol. The molecule has 4 rings (SSSR count). The zero-order chi connectivity index (χ0) is 24.1. The third-order valence-electron chi connectivity index (χ3n) is 5.66. The van der Waals surface area contributed by atoms with Crippen molar-refractivity contribution in [2.45, 2.75) is 13.3 Å². The van der Waals surface area contributed by atoms with Gasteiger partial charge in [0.15, 0.2) is 0 Å². The van der Waals surface area contributed by atoms with Crippen LogP contribution in [0.25, 0.3) is 16.6 Å². The molecular weight excluding hydrogens is 444 g/mol. The molecule has 9 nitrogen and oxygen atoms in total. The van der Waals surface area contributed by atoms with Gasteiger partial charge >= 0.3 is 0 Å². The first kappa shape index (κ1) is 23.4. The van der Waals surface area contributed by atoms with Crippen molar-refractivity contribution in [3.05, 3.63) is 42.4 Å². The highest BCUT2D eigenvalue weighted by atomic mass is 19.3. The fourth-order valence-corrected chi connectivity index (χ4v) is 3.91. The van der Waals surface area contributed by atoms with Crippen LogP contribution in [-0.4, -0.2) is 77.7 Å². The van der Waals surface area contributed by atoms with Crippen molar-refractivity contribution in [3.63, 3.8) is 0 Å². The van der Waals surface area contributed by atoms with Crippen molar-refractivity contribution in [2.75, 3.05) is 50.8 Å². The minimum atomic E-state index is -2.41. The molecule has 0 radical (unpaired) electrons. The second kappa shape index (κ2) is 10.4. The van der Waals surface area contributed by atoms with E-state index < -0.39 is 6.43 Å². The van der Waals surface area contributed by atoms with Crippen LogP contribution in [-0.2, 0) is 4.79 Å². The van der Waals surface area contributed by atoms with Crippen molar-refractivity contribution >= 4 is 17.2 Å². The number of amides is 1. The molecule has 1 fully saturated rings. The number of ether oxygens (including phenoxy) is 1. The highest BCUT2D eigenvalue weighted by Crippen LogP contribution is 2.31. The van der Waals surface area contributed by atoms with E-state index in [1.54, 1.807) is 29.9 Å². The predicted molar refractivity (Wildman–Crippen MR) is 122 cm³/mol. The van der Waals surface area contributed by atoms with Crippen LogP contribution in [0.2, 0.25) is 0 Å². The number of rotatable bonds is 8. The second-order valence-corrected chi connectivity index (χ2v) is 7.89. The fraction of sp³-hybridized carbons (Fsp3) is 0.391. The largest absolute Gasteiger partial charge is 0.491 e. The summed E-state index contributed by atoms with van der Waals surface area (Å²) in [5, 5.41) is 16.4. The number of carbonyl (C=O) groups is 1. The number of hydrogen-bond acceptors (Lipinski definition) is 7. The number of hydrogen-bond donors (Lipinski definition) is 1. The second-order valence-electron chi connectivity index (χ2n) is 7.89. The molecule has 1 N–H and O–H groups in total. The molecule has 0 spiro atoms. The Morgan fingerprint density at radius 3 is 2.71 bits per heavy atom. The first-order valence-corrected chi connectivity index (χ1v) is 11.0. The Labute approximate surface area is 195 Å². The van der Waals surface area contributed by atoms with Crippen LogP contribution in [0.5, 0.6) is 5.75 Å². The molecule has 1 aliphatic heterocycles. The quantitative estimate of drug-likeness (QED) is 0.505. The van der Waals surface area contributed by atoms with E-state index in [1.807, 2.05) is 17.0 Å².